The molecule has 0 unspecified atom stereocenters. The minimum Gasteiger partial charge on any atom is -0.459 e. The number of nitriles is 1. The van der Waals surface area contributed by atoms with Crippen LogP contribution in [0, 0.1) is 11.3 Å². The molecule has 4 nitrogen and oxygen atoms in total. The molecule has 0 radical (unpaired) electrons. The van der Waals surface area contributed by atoms with E-state index >= 15 is 0 Å². The van der Waals surface area contributed by atoms with Crippen LogP contribution < -0.4 is 0 Å². The highest BCUT2D eigenvalue weighted by molar-refractivity contribution is 7.16. The van der Waals surface area contributed by atoms with E-state index in [0.29, 0.717) is 11.6 Å². The van der Waals surface area contributed by atoms with Crippen molar-refractivity contribution < 1.29 is 14.3 Å². The molecule has 0 saturated heterocycles. The van der Waals surface area contributed by atoms with Crippen LogP contribution in [0.3, 0.4) is 0 Å². The number of hydrogen-bond donors (Lipinski definition) is 0. The van der Waals surface area contributed by atoms with Crippen LogP contribution in [0.5, 0.6) is 0 Å². The Morgan fingerprint density at radius 1 is 1.30 bits per heavy atom. The highest BCUT2D eigenvalue weighted by atomic mass is 35.5. The molecule has 0 aliphatic rings. The quantitative estimate of drug-likeness (QED) is 0.340. The number of thiophene rings is 1. The minimum absolute atomic E-state index is 0.0475. The summed E-state index contributed by atoms with van der Waals surface area (Å²) in [4.78, 5) is 13.5. The number of benzene rings is 1. The van der Waals surface area contributed by atoms with Crippen molar-refractivity contribution in [1.29, 1.82) is 5.26 Å². The average Bonchev–Trinajstić information content (AvgIpc) is 3.01. The number of carbonyl (C=O) groups excluding carboxylic acids is 1. The lowest BCUT2D eigenvalue weighted by molar-refractivity contribution is -0.139. The fourth-order valence-corrected chi connectivity index (χ4v) is 3.10. The normalized spacial score (nSPS) is 11.1. The molecule has 0 aliphatic heterocycles. The Kier molecular flexibility index (Phi) is 6.36. The summed E-state index contributed by atoms with van der Waals surface area (Å²) in [5.74, 6) is -0.655. The Balaban J connectivity index is 2.17. The molecule has 0 N–H and O–H groups in total. The molecule has 1 heterocycles. The summed E-state index contributed by atoms with van der Waals surface area (Å²) in [6, 6.07) is 13.1. The van der Waals surface area contributed by atoms with Gasteiger partial charge in [0.25, 0.3) is 0 Å². The van der Waals surface area contributed by atoms with Gasteiger partial charge in [-0.2, -0.15) is 5.26 Å². The molecule has 1 aromatic carbocycles. The van der Waals surface area contributed by atoms with Crippen LogP contribution in [0.25, 0.3) is 16.5 Å². The van der Waals surface area contributed by atoms with Gasteiger partial charge in [0, 0.05) is 27.5 Å². The predicted octanol–water partition coefficient (Wildman–Crippen LogP) is 4.17. The van der Waals surface area contributed by atoms with E-state index in [1.165, 1.54) is 24.5 Å². The Bertz CT molecular complexity index is 761. The predicted molar refractivity (Wildman–Crippen MR) is 91.2 cm³/mol. The molecule has 0 atom stereocenters. The second-order valence-electron chi connectivity index (χ2n) is 4.48. The van der Waals surface area contributed by atoms with Crippen LogP contribution in [0.1, 0.15) is 4.88 Å². The Morgan fingerprint density at radius 2 is 2.09 bits per heavy atom. The van der Waals surface area contributed by atoms with Gasteiger partial charge < -0.3 is 9.47 Å². The molecule has 23 heavy (non-hydrogen) atoms. The van der Waals surface area contributed by atoms with Gasteiger partial charge in [-0.1, -0.05) is 29.8 Å². The number of hydrogen-bond acceptors (Lipinski definition) is 5. The van der Waals surface area contributed by atoms with Gasteiger partial charge in [0.15, 0.2) is 0 Å². The van der Waals surface area contributed by atoms with E-state index in [4.69, 9.17) is 26.3 Å². The lowest BCUT2D eigenvalue weighted by atomic mass is 10.2. The second-order valence-corrected chi connectivity index (χ2v) is 6.00. The summed E-state index contributed by atoms with van der Waals surface area (Å²) in [5, 5.41) is 9.77. The van der Waals surface area contributed by atoms with Crippen molar-refractivity contribution in [1.82, 2.24) is 0 Å². The van der Waals surface area contributed by atoms with E-state index in [1.807, 2.05) is 42.5 Å². The number of carbonyl (C=O) groups is 1. The largest absolute Gasteiger partial charge is 0.459 e. The first-order valence-electron chi connectivity index (χ1n) is 6.78. The Labute approximate surface area is 143 Å². The number of ether oxygens (including phenoxy) is 2. The monoisotopic (exact) mass is 347 g/mol. The van der Waals surface area contributed by atoms with Gasteiger partial charge in [0.2, 0.25) is 0 Å². The third-order valence-electron chi connectivity index (χ3n) is 2.91. The van der Waals surface area contributed by atoms with Crippen LogP contribution in [-0.4, -0.2) is 26.3 Å². The van der Waals surface area contributed by atoms with Crippen molar-refractivity contribution in [3.63, 3.8) is 0 Å². The van der Waals surface area contributed by atoms with E-state index < -0.39 is 5.97 Å². The number of halogens is 1. The van der Waals surface area contributed by atoms with Gasteiger partial charge in [0.05, 0.1) is 6.61 Å². The highest BCUT2D eigenvalue weighted by Gasteiger charge is 2.12. The van der Waals surface area contributed by atoms with E-state index in [-0.39, 0.29) is 12.2 Å². The Morgan fingerprint density at radius 3 is 2.78 bits per heavy atom. The van der Waals surface area contributed by atoms with Crippen LogP contribution in [0.2, 0.25) is 5.02 Å². The lowest BCUT2D eigenvalue weighted by Crippen LogP contribution is -2.10. The first kappa shape index (κ1) is 17.2. The van der Waals surface area contributed by atoms with Gasteiger partial charge in [-0.15, -0.1) is 11.3 Å². The van der Waals surface area contributed by atoms with E-state index in [2.05, 4.69) is 0 Å². The molecule has 0 amide bonds. The third kappa shape index (κ3) is 4.67. The van der Waals surface area contributed by atoms with Crippen molar-refractivity contribution in [3.8, 4) is 16.5 Å². The summed E-state index contributed by atoms with van der Waals surface area (Å²) < 4.78 is 9.74. The number of methoxy groups -OCH3 is 1. The van der Waals surface area contributed by atoms with E-state index in [0.717, 1.165) is 15.3 Å². The second kappa shape index (κ2) is 8.49. The molecular weight excluding hydrogens is 334 g/mol. The van der Waals surface area contributed by atoms with Gasteiger partial charge in [-0.25, -0.2) is 4.79 Å². The zero-order chi connectivity index (χ0) is 16.7. The molecule has 118 valence electrons. The fraction of sp³-hybridized carbons (Fsp3) is 0.176. The summed E-state index contributed by atoms with van der Waals surface area (Å²) in [5.41, 5.74) is 0.869. The standard InChI is InChI=1S/C17H14ClNO3S/c1-21-8-9-22-17(20)12(11-19)10-13-6-7-16(23-13)14-4-2-3-5-15(14)18/h2-7,10H,8-9H2,1H3/b12-10-. The van der Waals surface area contributed by atoms with Crippen LogP contribution in [0.4, 0.5) is 0 Å². The maximum atomic E-state index is 11.8. The third-order valence-corrected chi connectivity index (χ3v) is 4.31. The van der Waals surface area contributed by atoms with Crippen molar-refractivity contribution in [3.05, 3.63) is 51.9 Å². The lowest BCUT2D eigenvalue weighted by Gasteiger charge is -2.02. The van der Waals surface area contributed by atoms with Crippen molar-refractivity contribution in [2.45, 2.75) is 0 Å². The van der Waals surface area contributed by atoms with Gasteiger partial charge in [-0.05, 0) is 24.3 Å². The molecule has 0 bridgehead atoms. The first-order valence-corrected chi connectivity index (χ1v) is 7.97. The maximum Gasteiger partial charge on any atom is 0.349 e. The van der Waals surface area contributed by atoms with Crippen LogP contribution in [-0.2, 0) is 14.3 Å². The zero-order valence-corrected chi connectivity index (χ0v) is 14.0. The number of nitrogens with zero attached hydrogens (tertiary/aromatic N) is 1. The SMILES string of the molecule is COCCOC(=O)/C(C#N)=C\c1ccc(-c2ccccc2Cl)s1. The smallest absolute Gasteiger partial charge is 0.349 e. The molecular formula is C17H14ClNO3S. The summed E-state index contributed by atoms with van der Waals surface area (Å²) in [7, 11) is 1.51. The topological polar surface area (TPSA) is 59.3 Å². The number of esters is 1. The summed E-state index contributed by atoms with van der Waals surface area (Å²) >= 11 is 7.62. The molecule has 0 fully saturated rings. The molecule has 1 aromatic heterocycles. The molecule has 0 spiro atoms. The van der Waals surface area contributed by atoms with Gasteiger partial charge >= 0.3 is 5.97 Å². The average molecular weight is 348 g/mol. The fourth-order valence-electron chi connectivity index (χ4n) is 1.81. The zero-order valence-electron chi connectivity index (χ0n) is 12.4. The number of rotatable bonds is 6. The Hall–Kier alpha value is -2.13. The summed E-state index contributed by atoms with van der Waals surface area (Å²) in [6.45, 7) is 0.407. The van der Waals surface area contributed by atoms with Crippen molar-refractivity contribution in [2.24, 2.45) is 0 Å². The maximum absolute atomic E-state index is 11.8. The molecule has 6 heteroatoms. The van der Waals surface area contributed by atoms with Crippen molar-refractivity contribution >= 4 is 35.0 Å². The van der Waals surface area contributed by atoms with Crippen LogP contribution in [0.15, 0.2) is 42.0 Å². The van der Waals surface area contributed by atoms with Crippen LogP contribution >= 0.6 is 22.9 Å². The minimum atomic E-state index is -0.655. The molecule has 2 rings (SSSR count). The highest BCUT2D eigenvalue weighted by Crippen LogP contribution is 2.33. The summed E-state index contributed by atoms with van der Waals surface area (Å²) in [6.07, 6.45) is 1.51. The van der Waals surface area contributed by atoms with E-state index in [1.54, 1.807) is 0 Å². The molecule has 0 saturated carbocycles. The molecule has 2 aromatic rings. The molecule has 0 aliphatic carbocycles. The van der Waals surface area contributed by atoms with Gasteiger partial charge in [-0.3, -0.25) is 0 Å². The first-order chi connectivity index (χ1) is 11.2. The van der Waals surface area contributed by atoms with Crippen molar-refractivity contribution in [2.75, 3.05) is 20.3 Å². The van der Waals surface area contributed by atoms with E-state index in [9.17, 15) is 4.79 Å². The van der Waals surface area contributed by atoms with Gasteiger partial charge in [0.1, 0.15) is 18.2 Å².